The zero-order chi connectivity index (χ0) is 22.3. The topological polar surface area (TPSA) is 121 Å². The van der Waals surface area contributed by atoms with Gasteiger partial charge in [-0.05, 0) is 36.2 Å². The predicted molar refractivity (Wildman–Crippen MR) is 118 cm³/mol. The molecule has 4 N–H and O–H groups in total. The molecule has 0 aliphatic heterocycles. The van der Waals surface area contributed by atoms with Crippen molar-refractivity contribution in [1.82, 2.24) is 0 Å². The van der Waals surface area contributed by atoms with Crippen molar-refractivity contribution in [3.8, 4) is 0 Å². The third-order valence-electron chi connectivity index (χ3n) is 4.69. The molecule has 0 bridgehead atoms. The summed E-state index contributed by atoms with van der Waals surface area (Å²) in [5.74, 6) is -3.83. The summed E-state index contributed by atoms with van der Waals surface area (Å²) in [6.07, 6.45) is -0.678. The van der Waals surface area contributed by atoms with Crippen LogP contribution in [0, 0.1) is 5.92 Å². The molecule has 0 aliphatic rings. The molecule has 0 aromatic heterocycles. The first-order valence-electron chi connectivity index (χ1n) is 9.17. The quantitative estimate of drug-likeness (QED) is 0.326. The highest BCUT2D eigenvalue weighted by Gasteiger charge is 2.46. The number of carbonyl (C=O) groups excluding carboxylic acids is 1. The smallest absolute Gasteiger partial charge is 0.345 e. The standard InChI is InChI=1S/C21H23ClN2O5S/c22-16-6-8-17(9-7-16)24(21(23,20(28)29)11-10-18(25)26)19(27)15(13-30)12-14-4-2-1-3-5-14/h1-9,15,30H,10-13,23H2,(H,25,26)(H,28,29)/t15?,21-/m1/s1. The monoisotopic (exact) mass is 450 g/mol. The highest BCUT2D eigenvalue weighted by Crippen LogP contribution is 2.29. The Bertz CT molecular complexity index is 894. The molecule has 0 heterocycles. The number of hydrogen-bond acceptors (Lipinski definition) is 5. The Morgan fingerprint density at radius 3 is 2.17 bits per heavy atom. The minimum Gasteiger partial charge on any atom is -0.481 e. The second kappa shape index (κ2) is 10.5. The van der Waals surface area contributed by atoms with Gasteiger partial charge in [0.25, 0.3) is 0 Å². The van der Waals surface area contributed by atoms with E-state index in [4.69, 9.17) is 22.4 Å². The second-order valence-corrected chi connectivity index (χ2v) is 7.64. The lowest BCUT2D eigenvalue weighted by Crippen LogP contribution is -2.65. The van der Waals surface area contributed by atoms with Gasteiger partial charge in [-0.25, -0.2) is 4.79 Å². The number of hydrogen-bond donors (Lipinski definition) is 4. The van der Waals surface area contributed by atoms with Crippen molar-refractivity contribution in [2.75, 3.05) is 10.7 Å². The summed E-state index contributed by atoms with van der Waals surface area (Å²) in [6.45, 7) is 0. The summed E-state index contributed by atoms with van der Waals surface area (Å²) in [6, 6.07) is 15.2. The Hall–Kier alpha value is -2.55. The van der Waals surface area contributed by atoms with E-state index >= 15 is 0 Å². The number of nitrogens with two attached hydrogens (primary N) is 1. The van der Waals surface area contributed by atoms with E-state index < -0.39 is 42.3 Å². The fraction of sp³-hybridized carbons (Fsp3) is 0.286. The molecule has 2 aromatic carbocycles. The molecule has 2 rings (SSSR count). The number of carboxylic acid groups (broad SMARTS) is 2. The van der Waals surface area contributed by atoms with Gasteiger partial charge < -0.3 is 10.2 Å². The number of carbonyl (C=O) groups is 3. The molecule has 1 unspecified atom stereocenters. The highest BCUT2D eigenvalue weighted by atomic mass is 35.5. The highest BCUT2D eigenvalue weighted by molar-refractivity contribution is 7.80. The Kier molecular flexibility index (Phi) is 8.28. The number of nitrogens with zero attached hydrogens (tertiary/aromatic N) is 1. The van der Waals surface area contributed by atoms with Crippen LogP contribution in [0.25, 0.3) is 0 Å². The van der Waals surface area contributed by atoms with Crippen LogP contribution >= 0.6 is 24.2 Å². The summed E-state index contributed by atoms with van der Waals surface area (Å²) in [5.41, 5.74) is 5.00. The van der Waals surface area contributed by atoms with Gasteiger partial charge in [-0.2, -0.15) is 12.6 Å². The van der Waals surface area contributed by atoms with Crippen molar-refractivity contribution >= 4 is 47.8 Å². The Morgan fingerprint density at radius 2 is 1.67 bits per heavy atom. The normalized spacial score (nSPS) is 13.8. The average molecular weight is 451 g/mol. The van der Waals surface area contributed by atoms with Crippen LogP contribution in [0.15, 0.2) is 54.6 Å². The van der Waals surface area contributed by atoms with E-state index in [1.165, 1.54) is 24.3 Å². The summed E-state index contributed by atoms with van der Waals surface area (Å²) >= 11 is 10.2. The largest absolute Gasteiger partial charge is 0.481 e. The van der Waals surface area contributed by atoms with Crippen LogP contribution in [0.2, 0.25) is 5.02 Å². The first-order valence-corrected chi connectivity index (χ1v) is 10.2. The van der Waals surface area contributed by atoms with Crippen LogP contribution in [0.1, 0.15) is 18.4 Å². The molecule has 0 radical (unpaired) electrons. The van der Waals surface area contributed by atoms with Gasteiger partial charge in [0.1, 0.15) is 0 Å². The van der Waals surface area contributed by atoms with Crippen molar-refractivity contribution < 1.29 is 24.6 Å². The SMILES string of the molecule is N[C@@](CCC(=O)O)(C(=O)O)N(C(=O)C(CS)Cc1ccccc1)c1ccc(Cl)cc1. The molecule has 1 amide bonds. The minimum absolute atomic E-state index is 0.145. The number of amides is 1. The van der Waals surface area contributed by atoms with Crippen molar-refractivity contribution in [3.05, 3.63) is 65.2 Å². The van der Waals surface area contributed by atoms with Gasteiger partial charge in [0.05, 0.1) is 5.92 Å². The van der Waals surface area contributed by atoms with Gasteiger partial charge in [0.15, 0.2) is 5.66 Å². The molecule has 160 valence electrons. The summed E-state index contributed by atoms with van der Waals surface area (Å²) in [4.78, 5) is 37.7. The third-order valence-corrected chi connectivity index (χ3v) is 5.38. The lowest BCUT2D eigenvalue weighted by molar-refractivity contribution is -0.146. The first-order chi connectivity index (χ1) is 14.2. The average Bonchev–Trinajstić information content (AvgIpc) is 2.72. The van der Waals surface area contributed by atoms with Crippen LogP contribution in [0.3, 0.4) is 0 Å². The van der Waals surface area contributed by atoms with Crippen LogP contribution in [-0.4, -0.2) is 39.5 Å². The first kappa shape index (κ1) is 23.7. The maximum Gasteiger partial charge on any atom is 0.345 e. The van der Waals surface area contributed by atoms with E-state index in [0.29, 0.717) is 11.4 Å². The predicted octanol–water partition coefficient (Wildman–Crippen LogP) is 3.07. The Balaban J connectivity index is 2.50. The molecular formula is C21H23ClN2O5S. The number of benzene rings is 2. The Labute approximate surface area is 184 Å². The molecule has 2 aromatic rings. The van der Waals surface area contributed by atoms with E-state index in [1.807, 2.05) is 30.3 Å². The molecule has 30 heavy (non-hydrogen) atoms. The molecule has 0 saturated heterocycles. The fourth-order valence-corrected chi connectivity index (χ4v) is 3.48. The van der Waals surface area contributed by atoms with Gasteiger partial charge in [0.2, 0.25) is 5.91 Å². The molecule has 0 aliphatic carbocycles. The molecule has 7 nitrogen and oxygen atoms in total. The number of halogens is 1. The molecule has 0 spiro atoms. The van der Waals surface area contributed by atoms with E-state index in [9.17, 15) is 19.5 Å². The number of rotatable bonds is 10. The van der Waals surface area contributed by atoms with Gasteiger partial charge in [0, 0.05) is 29.3 Å². The van der Waals surface area contributed by atoms with Crippen molar-refractivity contribution in [2.45, 2.75) is 24.9 Å². The van der Waals surface area contributed by atoms with Crippen LogP contribution < -0.4 is 10.6 Å². The molecule has 0 saturated carbocycles. The maximum atomic E-state index is 13.5. The number of carboxylic acids is 2. The maximum absolute atomic E-state index is 13.5. The number of aliphatic carboxylic acids is 2. The lowest BCUT2D eigenvalue weighted by atomic mass is 9.95. The van der Waals surface area contributed by atoms with Crippen LogP contribution in [-0.2, 0) is 20.8 Å². The van der Waals surface area contributed by atoms with Crippen molar-refractivity contribution in [1.29, 1.82) is 0 Å². The van der Waals surface area contributed by atoms with Gasteiger partial charge in [-0.3, -0.25) is 20.2 Å². The molecule has 9 heteroatoms. The lowest BCUT2D eigenvalue weighted by Gasteiger charge is -2.39. The summed E-state index contributed by atoms with van der Waals surface area (Å²) < 4.78 is 0. The number of anilines is 1. The van der Waals surface area contributed by atoms with E-state index in [1.54, 1.807) is 0 Å². The van der Waals surface area contributed by atoms with E-state index in [2.05, 4.69) is 12.6 Å². The van der Waals surface area contributed by atoms with Crippen molar-refractivity contribution in [3.63, 3.8) is 0 Å². The second-order valence-electron chi connectivity index (χ2n) is 6.84. The van der Waals surface area contributed by atoms with E-state index in [0.717, 1.165) is 10.5 Å². The molecular weight excluding hydrogens is 428 g/mol. The van der Waals surface area contributed by atoms with E-state index in [-0.39, 0.29) is 11.4 Å². The van der Waals surface area contributed by atoms with Crippen LogP contribution in [0.5, 0.6) is 0 Å². The van der Waals surface area contributed by atoms with Crippen molar-refractivity contribution in [2.24, 2.45) is 11.7 Å². The Morgan fingerprint density at radius 1 is 1.07 bits per heavy atom. The molecule has 0 fully saturated rings. The van der Waals surface area contributed by atoms with Gasteiger partial charge in [-0.15, -0.1) is 0 Å². The number of thiol groups is 1. The zero-order valence-electron chi connectivity index (χ0n) is 16.1. The van der Waals surface area contributed by atoms with Crippen LogP contribution in [0.4, 0.5) is 5.69 Å². The zero-order valence-corrected chi connectivity index (χ0v) is 17.7. The fourth-order valence-electron chi connectivity index (χ4n) is 3.07. The minimum atomic E-state index is -2.26. The van der Waals surface area contributed by atoms with Gasteiger partial charge >= 0.3 is 11.9 Å². The summed E-state index contributed by atoms with van der Waals surface area (Å²) in [5, 5.41) is 19.3. The van der Waals surface area contributed by atoms with Gasteiger partial charge in [-0.1, -0.05) is 41.9 Å². The molecule has 2 atom stereocenters. The third kappa shape index (κ3) is 5.75. The summed E-state index contributed by atoms with van der Waals surface area (Å²) in [7, 11) is 0.